The van der Waals surface area contributed by atoms with E-state index >= 15 is 0 Å². The van der Waals surface area contributed by atoms with Crippen molar-refractivity contribution in [2.24, 2.45) is 11.8 Å². The molecule has 3 atom stereocenters. The highest BCUT2D eigenvalue weighted by molar-refractivity contribution is 4.89. The predicted molar refractivity (Wildman–Crippen MR) is 71.0 cm³/mol. The number of hydrogen-bond acceptors (Lipinski definition) is 4. The number of nitrogens with zero attached hydrogens (tertiary/aromatic N) is 4. The minimum atomic E-state index is 0.456. The Morgan fingerprint density at radius 2 is 2.11 bits per heavy atom. The van der Waals surface area contributed by atoms with Crippen LogP contribution in [0.2, 0.25) is 0 Å². The lowest BCUT2D eigenvalue weighted by Gasteiger charge is -2.34. The number of tetrazole rings is 1. The summed E-state index contributed by atoms with van der Waals surface area (Å²) in [6, 6.07) is 0.922. The summed E-state index contributed by atoms with van der Waals surface area (Å²) in [5.74, 6) is 2.38. The maximum absolute atomic E-state index is 4.22. The van der Waals surface area contributed by atoms with Crippen molar-refractivity contribution in [1.29, 1.82) is 0 Å². The molecule has 5 nitrogen and oxygen atoms in total. The molecule has 1 saturated carbocycles. The summed E-state index contributed by atoms with van der Waals surface area (Å²) in [7, 11) is 0. The molecule has 5 heteroatoms. The van der Waals surface area contributed by atoms with Crippen LogP contribution in [0.25, 0.3) is 0 Å². The Labute approximate surface area is 109 Å². The van der Waals surface area contributed by atoms with Crippen LogP contribution in [0.5, 0.6) is 0 Å². The van der Waals surface area contributed by atoms with E-state index in [9.17, 15) is 0 Å². The van der Waals surface area contributed by atoms with Gasteiger partial charge in [0, 0.05) is 6.04 Å². The number of rotatable bonds is 4. The molecular formula is C13H25N5. The topological polar surface area (TPSA) is 55.6 Å². The average molecular weight is 251 g/mol. The van der Waals surface area contributed by atoms with Crippen LogP contribution >= 0.6 is 0 Å². The fourth-order valence-corrected chi connectivity index (χ4v) is 2.78. The first-order chi connectivity index (χ1) is 8.59. The molecule has 0 radical (unpaired) electrons. The lowest BCUT2D eigenvalue weighted by atomic mass is 9.78. The third-order valence-electron chi connectivity index (χ3n) is 4.21. The zero-order valence-corrected chi connectivity index (χ0v) is 11.9. The fourth-order valence-electron chi connectivity index (χ4n) is 2.78. The van der Waals surface area contributed by atoms with Crippen molar-refractivity contribution in [2.45, 2.75) is 65.6 Å². The van der Waals surface area contributed by atoms with Gasteiger partial charge in [0.2, 0.25) is 0 Å². The highest BCUT2D eigenvalue weighted by Crippen LogP contribution is 2.37. The van der Waals surface area contributed by atoms with Gasteiger partial charge in [-0.05, 0) is 28.7 Å². The van der Waals surface area contributed by atoms with Gasteiger partial charge in [-0.25, -0.2) is 4.68 Å². The maximum Gasteiger partial charge on any atom is 0.165 e. The maximum atomic E-state index is 4.22. The first-order valence-electron chi connectivity index (χ1n) is 7.09. The summed E-state index contributed by atoms with van der Waals surface area (Å²) < 4.78 is 2.05. The van der Waals surface area contributed by atoms with Crippen LogP contribution in [0, 0.1) is 11.8 Å². The molecule has 0 aromatic carbocycles. The van der Waals surface area contributed by atoms with Crippen molar-refractivity contribution < 1.29 is 0 Å². The molecule has 0 amide bonds. The molecule has 1 aliphatic carbocycles. The zero-order valence-electron chi connectivity index (χ0n) is 11.9. The molecule has 1 heterocycles. The van der Waals surface area contributed by atoms with Crippen LogP contribution < -0.4 is 5.32 Å². The van der Waals surface area contributed by atoms with Crippen LogP contribution in [0.3, 0.4) is 0 Å². The van der Waals surface area contributed by atoms with Crippen molar-refractivity contribution in [3.63, 3.8) is 0 Å². The summed E-state index contributed by atoms with van der Waals surface area (Å²) in [5, 5.41) is 15.6. The van der Waals surface area contributed by atoms with Crippen molar-refractivity contribution in [2.75, 3.05) is 0 Å². The summed E-state index contributed by atoms with van der Waals surface area (Å²) in [6.07, 6.45) is 3.82. The minimum Gasteiger partial charge on any atom is -0.308 e. The van der Waals surface area contributed by atoms with E-state index in [1.54, 1.807) is 0 Å². The summed E-state index contributed by atoms with van der Waals surface area (Å²) in [5.41, 5.74) is 0. The van der Waals surface area contributed by atoms with Crippen molar-refractivity contribution in [3.8, 4) is 0 Å². The Morgan fingerprint density at radius 3 is 2.83 bits per heavy atom. The van der Waals surface area contributed by atoms with Gasteiger partial charge >= 0.3 is 0 Å². The first kappa shape index (κ1) is 13.5. The van der Waals surface area contributed by atoms with Gasteiger partial charge in [-0.1, -0.05) is 40.5 Å². The van der Waals surface area contributed by atoms with Crippen LogP contribution in [0.1, 0.15) is 58.8 Å². The molecule has 1 aliphatic rings. The van der Waals surface area contributed by atoms with Crippen LogP contribution in [0.15, 0.2) is 0 Å². The molecule has 1 aromatic rings. The van der Waals surface area contributed by atoms with E-state index in [-0.39, 0.29) is 0 Å². The normalized spacial score (nSPS) is 28.8. The van der Waals surface area contributed by atoms with E-state index in [1.807, 2.05) is 0 Å². The van der Waals surface area contributed by atoms with Crippen molar-refractivity contribution in [3.05, 3.63) is 5.82 Å². The molecule has 0 spiro atoms. The molecule has 0 aliphatic heterocycles. The number of nitrogens with one attached hydrogen (secondary N) is 1. The molecule has 1 fully saturated rings. The molecule has 0 saturated heterocycles. The third kappa shape index (κ3) is 2.88. The van der Waals surface area contributed by atoms with Crippen LogP contribution in [0.4, 0.5) is 0 Å². The summed E-state index contributed by atoms with van der Waals surface area (Å²) in [6.45, 7) is 9.70. The highest BCUT2D eigenvalue weighted by atomic mass is 15.6. The smallest absolute Gasteiger partial charge is 0.165 e. The largest absolute Gasteiger partial charge is 0.308 e. The van der Waals surface area contributed by atoms with Gasteiger partial charge in [-0.2, -0.15) is 0 Å². The molecule has 1 N–H and O–H groups in total. The zero-order chi connectivity index (χ0) is 13.1. The van der Waals surface area contributed by atoms with Gasteiger partial charge in [0.25, 0.3) is 0 Å². The SMILES string of the molecule is CC(C)NCc1nnnn1C1CCCC(C)C1C. The Balaban J connectivity index is 2.10. The van der Waals surface area contributed by atoms with Crippen LogP contribution in [-0.2, 0) is 6.54 Å². The molecule has 3 unspecified atom stereocenters. The first-order valence-corrected chi connectivity index (χ1v) is 7.09. The number of aromatic nitrogens is 4. The quantitative estimate of drug-likeness (QED) is 0.891. The van der Waals surface area contributed by atoms with Gasteiger partial charge in [0.05, 0.1) is 12.6 Å². The standard InChI is InChI=1S/C13H25N5/c1-9(2)14-8-13-15-16-17-18(13)12-7-5-6-10(3)11(12)4/h9-12,14H,5-8H2,1-4H3. The fraction of sp³-hybridized carbons (Fsp3) is 0.923. The third-order valence-corrected chi connectivity index (χ3v) is 4.21. The van der Waals surface area contributed by atoms with Gasteiger partial charge in [0.15, 0.2) is 5.82 Å². The highest BCUT2D eigenvalue weighted by Gasteiger charge is 2.30. The Kier molecular flexibility index (Phi) is 4.32. The predicted octanol–water partition coefficient (Wildman–Crippen LogP) is 2.17. The van der Waals surface area contributed by atoms with E-state index < -0.39 is 0 Å². The van der Waals surface area contributed by atoms with Gasteiger partial charge in [-0.3, -0.25) is 0 Å². The Bertz CT molecular complexity index is 373. The second-order valence-corrected chi connectivity index (χ2v) is 5.91. The number of hydrogen-bond donors (Lipinski definition) is 1. The summed E-state index contributed by atoms with van der Waals surface area (Å²) in [4.78, 5) is 0. The average Bonchev–Trinajstić information content (AvgIpc) is 2.78. The van der Waals surface area contributed by atoms with Crippen molar-refractivity contribution >= 4 is 0 Å². The van der Waals surface area contributed by atoms with E-state index in [4.69, 9.17) is 0 Å². The molecular weight excluding hydrogens is 226 g/mol. The monoisotopic (exact) mass is 251 g/mol. The Morgan fingerprint density at radius 1 is 1.33 bits per heavy atom. The van der Waals surface area contributed by atoms with E-state index in [0.717, 1.165) is 18.3 Å². The van der Waals surface area contributed by atoms with E-state index in [1.165, 1.54) is 19.3 Å². The second kappa shape index (κ2) is 5.78. The van der Waals surface area contributed by atoms with Crippen molar-refractivity contribution in [1.82, 2.24) is 25.5 Å². The molecule has 2 rings (SSSR count). The minimum absolute atomic E-state index is 0.456. The van der Waals surface area contributed by atoms with Gasteiger partial charge in [0.1, 0.15) is 0 Å². The van der Waals surface area contributed by atoms with Gasteiger partial charge in [-0.15, -0.1) is 5.10 Å². The summed E-state index contributed by atoms with van der Waals surface area (Å²) >= 11 is 0. The lowest BCUT2D eigenvalue weighted by molar-refractivity contribution is 0.168. The molecule has 0 bridgehead atoms. The molecule has 1 aromatic heterocycles. The van der Waals surface area contributed by atoms with Gasteiger partial charge < -0.3 is 5.32 Å². The second-order valence-electron chi connectivity index (χ2n) is 5.91. The molecule has 102 valence electrons. The Hall–Kier alpha value is -0.970. The van der Waals surface area contributed by atoms with E-state index in [0.29, 0.717) is 18.0 Å². The molecule has 18 heavy (non-hydrogen) atoms. The van der Waals surface area contributed by atoms with E-state index in [2.05, 4.69) is 53.2 Å². The van der Waals surface area contributed by atoms with Crippen LogP contribution in [-0.4, -0.2) is 26.2 Å². The lowest BCUT2D eigenvalue weighted by Crippen LogP contribution is -2.31.